The number of benzene rings is 1. The molecule has 1 aromatic rings. The minimum absolute atomic E-state index is 0.413. The highest BCUT2D eigenvalue weighted by atomic mass is 35.5. The third kappa shape index (κ3) is 6.67. The largest absolute Gasteiger partial charge is 0.316 e. The van der Waals surface area contributed by atoms with Crippen molar-refractivity contribution in [2.45, 2.75) is 44.6 Å². The quantitative estimate of drug-likeness (QED) is 0.750. The molecular weight excluding hydrogens is 262 g/mol. The monoisotopic (exact) mass is 285 g/mol. The fourth-order valence-electron chi connectivity index (χ4n) is 1.67. The lowest BCUT2D eigenvalue weighted by atomic mass is 9.89. The Labute approximate surface area is 121 Å². The predicted molar refractivity (Wildman–Crippen MR) is 83.7 cm³/mol. The van der Waals surface area contributed by atoms with Crippen molar-refractivity contribution in [1.29, 1.82) is 0 Å². The molecule has 1 aromatic carbocycles. The summed E-state index contributed by atoms with van der Waals surface area (Å²) in [5.74, 6) is 1.09. The van der Waals surface area contributed by atoms with Gasteiger partial charge in [-0.05, 0) is 43.5 Å². The highest BCUT2D eigenvalue weighted by Gasteiger charge is 2.14. The maximum Gasteiger partial charge on any atom is 0.0417 e. The fraction of sp³-hybridized carbons (Fsp3) is 0.600. The van der Waals surface area contributed by atoms with E-state index in [9.17, 15) is 0 Å². The van der Waals surface area contributed by atoms with Gasteiger partial charge >= 0.3 is 0 Å². The molecule has 0 aliphatic heterocycles. The van der Waals surface area contributed by atoms with Crippen LogP contribution in [0, 0.1) is 5.41 Å². The first kappa shape index (κ1) is 15.9. The van der Waals surface area contributed by atoms with Crippen LogP contribution >= 0.6 is 23.4 Å². The molecule has 1 rings (SSSR count). The fourth-order valence-corrected chi connectivity index (χ4v) is 3.04. The predicted octanol–water partition coefficient (Wildman–Crippen LogP) is 4.85. The molecule has 18 heavy (non-hydrogen) atoms. The Morgan fingerprint density at radius 2 is 2.06 bits per heavy atom. The lowest BCUT2D eigenvalue weighted by molar-refractivity contribution is 0.343. The van der Waals surface area contributed by atoms with Gasteiger partial charge in [0, 0.05) is 21.7 Å². The summed E-state index contributed by atoms with van der Waals surface area (Å²) < 4.78 is 0. The molecule has 0 saturated carbocycles. The molecule has 0 spiro atoms. The van der Waals surface area contributed by atoms with Crippen molar-refractivity contribution in [1.82, 2.24) is 5.32 Å². The Morgan fingerprint density at radius 1 is 1.33 bits per heavy atom. The molecule has 0 aliphatic rings. The van der Waals surface area contributed by atoms with Crippen LogP contribution in [-0.2, 0) is 0 Å². The van der Waals surface area contributed by atoms with E-state index < -0.39 is 0 Å². The number of halogens is 1. The van der Waals surface area contributed by atoms with Gasteiger partial charge in [-0.3, -0.25) is 0 Å². The molecule has 0 saturated heterocycles. The SMILES string of the molecule is CNC(CCC(C)(C)C)CSc1cccc(Cl)c1. The van der Waals surface area contributed by atoms with Gasteiger partial charge in [-0.25, -0.2) is 0 Å². The Morgan fingerprint density at radius 3 is 2.61 bits per heavy atom. The van der Waals surface area contributed by atoms with E-state index in [4.69, 9.17) is 11.6 Å². The maximum absolute atomic E-state index is 5.99. The standard InChI is InChI=1S/C15H24ClNS/c1-15(2,3)9-8-13(17-4)11-18-14-7-5-6-12(16)10-14/h5-7,10,13,17H,8-9,11H2,1-4H3. The van der Waals surface area contributed by atoms with Gasteiger partial charge in [0.2, 0.25) is 0 Å². The Bertz CT molecular complexity index is 360. The van der Waals surface area contributed by atoms with Crippen LogP contribution in [0.25, 0.3) is 0 Å². The number of rotatable bonds is 6. The summed E-state index contributed by atoms with van der Waals surface area (Å²) in [7, 11) is 2.05. The molecule has 3 heteroatoms. The van der Waals surface area contributed by atoms with Crippen LogP contribution < -0.4 is 5.32 Å². The van der Waals surface area contributed by atoms with Crippen LogP contribution in [0.5, 0.6) is 0 Å². The molecular formula is C15H24ClNS. The summed E-state index contributed by atoms with van der Waals surface area (Å²) in [6, 6.07) is 8.64. The first-order valence-corrected chi connectivity index (χ1v) is 7.83. The van der Waals surface area contributed by atoms with Crippen molar-refractivity contribution in [2.75, 3.05) is 12.8 Å². The molecule has 1 atom stereocenters. The second kappa shape index (κ2) is 7.42. The van der Waals surface area contributed by atoms with Crippen molar-refractivity contribution in [3.05, 3.63) is 29.3 Å². The molecule has 0 heterocycles. The van der Waals surface area contributed by atoms with Crippen molar-refractivity contribution < 1.29 is 0 Å². The summed E-state index contributed by atoms with van der Waals surface area (Å²) in [5.41, 5.74) is 0.413. The van der Waals surface area contributed by atoms with Gasteiger partial charge in [0.15, 0.2) is 0 Å². The van der Waals surface area contributed by atoms with Gasteiger partial charge in [0.25, 0.3) is 0 Å². The minimum Gasteiger partial charge on any atom is -0.316 e. The number of hydrogen-bond donors (Lipinski definition) is 1. The van der Waals surface area contributed by atoms with Gasteiger partial charge in [-0.15, -0.1) is 11.8 Å². The highest BCUT2D eigenvalue weighted by molar-refractivity contribution is 7.99. The van der Waals surface area contributed by atoms with Crippen LogP contribution in [0.4, 0.5) is 0 Å². The van der Waals surface area contributed by atoms with Crippen LogP contribution in [0.15, 0.2) is 29.2 Å². The van der Waals surface area contributed by atoms with E-state index in [0.717, 1.165) is 10.8 Å². The van der Waals surface area contributed by atoms with Gasteiger partial charge in [-0.2, -0.15) is 0 Å². The Balaban J connectivity index is 2.40. The molecule has 1 N–H and O–H groups in total. The van der Waals surface area contributed by atoms with Crippen molar-refractivity contribution in [3.63, 3.8) is 0 Å². The van der Waals surface area contributed by atoms with E-state index >= 15 is 0 Å². The first-order valence-electron chi connectivity index (χ1n) is 6.46. The smallest absolute Gasteiger partial charge is 0.0417 e. The second-order valence-corrected chi connectivity index (χ2v) is 7.38. The minimum atomic E-state index is 0.413. The lowest BCUT2D eigenvalue weighted by Crippen LogP contribution is -2.29. The van der Waals surface area contributed by atoms with E-state index in [2.05, 4.69) is 32.2 Å². The van der Waals surface area contributed by atoms with Crippen molar-refractivity contribution in [2.24, 2.45) is 5.41 Å². The van der Waals surface area contributed by atoms with Gasteiger partial charge < -0.3 is 5.32 Å². The van der Waals surface area contributed by atoms with Crippen LogP contribution in [0.2, 0.25) is 5.02 Å². The molecule has 1 unspecified atom stereocenters. The van der Waals surface area contributed by atoms with E-state index in [-0.39, 0.29) is 0 Å². The summed E-state index contributed by atoms with van der Waals surface area (Å²) in [5, 5.41) is 4.22. The molecule has 0 amide bonds. The van der Waals surface area contributed by atoms with Crippen LogP contribution in [0.1, 0.15) is 33.6 Å². The Kier molecular flexibility index (Phi) is 6.54. The van der Waals surface area contributed by atoms with E-state index in [1.807, 2.05) is 37.0 Å². The molecule has 0 bridgehead atoms. The highest BCUT2D eigenvalue weighted by Crippen LogP contribution is 2.25. The zero-order valence-corrected chi connectivity index (χ0v) is 13.4. The summed E-state index contributed by atoms with van der Waals surface area (Å²) in [4.78, 5) is 1.25. The van der Waals surface area contributed by atoms with E-state index in [1.54, 1.807) is 0 Å². The summed E-state index contributed by atoms with van der Waals surface area (Å²) in [6.45, 7) is 6.89. The zero-order valence-electron chi connectivity index (χ0n) is 11.8. The number of hydrogen-bond acceptors (Lipinski definition) is 2. The average Bonchev–Trinajstić information content (AvgIpc) is 2.28. The molecule has 0 aliphatic carbocycles. The number of nitrogens with one attached hydrogen (secondary N) is 1. The third-order valence-electron chi connectivity index (χ3n) is 2.90. The van der Waals surface area contributed by atoms with Gasteiger partial charge in [0.1, 0.15) is 0 Å². The van der Waals surface area contributed by atoms with Crippen LogP contribution in [-0.4, -0.2) is 18.8 Å². The zero-order chi connectivity index (χ0) is 13.6. The summed E-state index contributed by atoms with van der Waals surface area (Å²) in [6.07, 6.45) is 2.46. The molecule has 1 nitrogen and oxygen atoms in total. The topological polar surface area (TPSA) is 12.0 Å². The van der Waals surface area contributed by atoms with Crippen molar-refractivity contribution >= 4 is 23.4 Å². The average molecular weight is 286 g/mol. The van der Waals surface area contributed by atoms with E-state index in [0.29, 0.717) is 11.5 Å². The molecule has 102 valence electrons. The molecule has 0 fully saturated rings. The maximum atomic E-state index is 5.99. The molecule has 0 radical (unpaired) electrons. The van der Waals surface area contributed by atoms with Crippen molar-refractivity contribution in [3.8, 4) is 0 Å². The second-order valence-electron chi connectivity index (χ2n) is 5.85. The van der Waals surface area contributed by atoms with Crippen LogP contribution in [0.3, 0.4) is 0 Å². The summed E-state index contributed by atoms with van der Waals surface area (Å²) >= 11 is 7.86. The normalized spacial score (nSPS) is 13.6. The van der Waals surface area contributed by atoms with Gasteiger partial charge in [0.05, 0.1) is 0 Å². The lowest BCUT2D eigenvalue weighted by Gasteiger charge is -2.22. The molecule has 0 aromatic heterocycles. The third-order valence-corrected chi connectivity index (χ3v) is 4.29. The number of thioether (sulfide) groups is 1. The van der Waals surface area contributed by atoms with E-state index in [1.165, 1.54) is 17.7 Å². The van der Waals surface area contributed by atoms with Gasteiger partial charge in [-0.1, -0.05) is 38.4 Å². The first-order chi connectivity index (χ1) is 8.40. The Hall–Kier alpha value is -0.180.